The van der Waals surface area contributed by atoms with Crippen molar-refractivity contribution in [2.24, 2.45) is 0 Å². The minimum atomic E-state index is 0.143. The van der Waals surface area contributed by atoms with Crippen molar-refractivity contribution in [2.75, 3.05) is 0 Å². The smallest absolute Gasteiger partial charge is 0.256 e. The van der Waals surface area contributed by atoms with Gasteiger partial charge in [-0.15, -0.1) is 0 Å². The molecular weight excluding hydrogens is 346 g/mol. The predicted molar refractivity (Wildman–Crippen MR) is 111 cm³/mol. The molecule has 4 rings (SSSR count). The highest BCUT2D eigenvalue weighted by molar-refractivity contribution is 5.96. The van der Waals surface area contributed by atoms with Gasteiger partial charge in [-0.3, -0.25) is 9.78 Å². The number of hydrogen-bond acceptors (Lipinski definition) is 2. The number of carbonyl (C=O) groups excluding carboxylic acids is 1. The second kappa shape index (κ2) is 7.63. The van der Waals surface area contributed by atoms with Crippen LogP contribution < -0.4 is 0 Å². The first kappa shape index (κ1) is 18.5. The molecule has 0 N–H and O–H groups in total. The van der Waals surface area contributed by atoms with E-state index in [-0.39, 0.29) is 5.91 Å². The minimum Gasteiger partial charge on any atom is -0.342 e. The standard InChI is InChI=1S/C24H27N3O/c1-17-7-6-8-20(13-17)15-27(22-10-11-22)24(28)23-14-18(2)26(19(23)3)16-21-9-4-5-12-25-21/h4-9,12-14,22H,10-11,15-16H2,1-3H3. The molecule has 4 heteroatoms. The van der Waals surface area contributed by atoms with E-state index in [0.29, 0.717) is 19.1 Å². The number of nitrogens with zero attached hydrogens (tertiary/aromatic N) is 3. The van der Waals surface area contributed by atoms with Crippen molar-refractivity contribution < 1.29 is 4.79 Å². The second-order valence-electron chi connectivity index (χ2n) is 7.85. The zero-order chi connectivity index (χ0) is 19.7. The highest BCUT2D eigenvalue weighted by Crippen LogP contribution is 2.31. The molecule has 28 heavy (non-hydrogen) atoms. The van der Waals surface area contributed by atoms with Crippen LogP contribution in [0.5, 0.6) is 0 Å². The van der Waals surface area contributed by atoms with Gasteiger partial charge < -0.3 is 9.47 Å². The van der Waals surface area contributed by atoms with Gasteiger partial charge in [0.1, 0.15) is 0 Å². The highest BCUT2D eigenvalue weighted by Gasteiger charge is 2.34. The first-order chi connectivity index (χ1) is 13.5. The van der Waals surface area contributed by atoms with Crippen LogP contribution in [0.2, 0.25) is 0 Å². The van der Waals surface area contributed by atoms with Crippen LogP contribution in [0.25, 0.3) is 0 Å². The van der Waals surface area contributed by atoms with E-state index in [4.69, 9.17) is 0 Å². The Labute approximate surface area is 166 Å². The molecule has 0 saturated heterocycles. The number of amides is 1. The van der Waals surface area contributed by atoms with Gasteiger partial charge in [0, 0.05) is 30.2 Å². The van der Waals surface area contributed by atoms with Crippen LogP contribution in [-0.2, 0) is 13.1 Å². The lowest BCUT2D eigenvalue weighted by Crippen LogP contribution is -2.33. The molecule has 1 aliphatic rings. The lowest BCUT2D eigenvalue weighted by molar-refractivity contribution is 0.0729. The van der Waals surface area contributed by atoms with Crippen LogP contribution in [0.1, 0.15) is 51.4 Å². The van der Waals surface area contributed by atoms with Gasteiger partial charge in [-0.25, -0.2) is 0 Å². The molecule has 2 heterocycles. The van der Waals surface area contributed by atoms with E-state index in [1.54, 1.807) is 0 Å². The number of rotatable bonds is 6. The molecule has 0 bridgehead atoms. The van der Waals surface area contributed by atoms with Crippen LogP contribution in [0.3, 0.4) is 0 Å². The molecular formula is C24H27N3O. The molecule has 0 unspecified atom stereocenters. The Hall–Kier alpha value is -2.88. The van der Waals surface area contributed by atoms with E-state index in [9.17, 15) is 4.79 Å². The van der Waals surface area contributed by atoms with Crippen molar-refractivity contribution in [3.63, 3.8) is 0 Å². The number of aromatic nitrogens is 2. The normalized spacial score (nSPS) is 13.5. The van der Waals surface area contributed by atoms with Crippen LogP contribution in [0, 0.1) is 20.8 Å². The SMILES string of the molecule is Cc1cccc(CN(C(=O)c2cc(C)n(Cc3ccccn3)c2C)C2CC2)c1. The molecule has 144 valence electrons. The third-order valence-electron chi connectivity index (χ3n) is 5.53. The van der Waals surface area contributed by atoms with Gasteiger partial charge in [0.25, 0.3) is 5.91 Å². The van der Waals surface area contributed by atoms with Crippen LogP contribution in [0.4, 0.5) is 0 Å². The fourth-order valence-corrected chi connectivity index (χ4v) is 3.83. The average Bonchev–Trinajstić information content (AvgIpc) is 3.49. The van der Waals surface area contributed by atoms with Gasteiger partial charge in [-0.2, -0.15) is 0 Å². The molecule has 0 spiro atoms. The minimum absolute atomic E-state index is 0.143. The van der Waals surface area contributed by atoms with E-state index in [1.165, 1.54) is 11.1 Å². The third kappa shape index (κ3) is 3.86. The summed E-state index contributed by atoms with van der Waals surface area (Å²) in [6.45, 7) is 7.57. The lowest BCUT2D eigenvalue weighted by Gasteiger charge is -2.23. The van der Waals surface area contributed by atoms with Gasteiger partial charge in [0.2, 0.25) is 0 Å². The predicted octanol–water partition coefficient (Wildman–Crippen LogP) is 4.66. The molecule has 1 amide bonds. The molecule has 1 fully saturated rings. The average molecular weight is 374 g/mol. The number of pyridine rings is 1. The maximum Gasteiger partial charge on any atom is 0.256 e. The molecule has 1 aliphatic carbocycles. The fourth-order valence-electron chi connectivity index (χ4n) is 3.83. The van der Waals surface area contributed by atoms with Crippen molar-refractivity contribution in [3.8, 4) is 0 Å². The maximum absolute atomic E-state index is 13.5. The van der Waals surface area contributed by atoms with Gasteiger partial charge in [-0.1, -0.05) is 35.9 Å². The Morgan fingerprint density at radius 1 is 1.11 bits per heavy atom. The number of hydrogen-bond donors (Lipinski definition) is 0. The summed E-state index contributed by atoms with van der Waals surface area (Å²) in [6, 6.07) is 16.8. The number of benzene rings is 1. The molecule has 3 aromatic rings. The number of aryl methyl sites for hydroxylation is 2. The van der Waals surface area contributed by atoms with Gasteiger partial charge in [-0.05, 0) is 57.4 Å². The zero-order valence-electron chi connectivity index (χ0n) is 16.9. The van der Waals surface area contributed by atoms with E-state index in [2.05, 4.69) is 52.6 Å². The first-order valence-electron chi connectivity index (χ1n) is 9.96. The van der Waals surface area contributed by atoms with E-state index < -0.39 is 0 Å². The Morgan fingerprint density at radius 2 is 1.93 bits per heavy atom. The Bertz CT molecular complexity index is 986. The summed E-state index contributed by atoms with van der Waals surface area (Å²) in [5, 5.41) is 0. The number of carbonyl (C=O) groups is 1. The van der Waals surface area contributed by atoms with Crippen molar-refractivity contribution in [1.29, 1.82) is 0 Å². The summed E-state index contributed by atoms with van der Waals surface area (Å²) in [5.41, 5.74) is 6.35. The van der Waals surface area contributed by atoms with Gasteiger partial charge >= 0.3 is 0 Å². The lowest BCUT2D eigenvalue weighted by atomic mass is 10.1. The van der Waals surface area contributed by atoms with E-state index >= 15 is 0 Å². The van der Waals surface area contributed by atoms with E-state index in [0.717, 1.165) is 35.5 Å². The summed E-state index contributed by atoms with van der Waals surface area (Å²) in [7, 11) is 0. The fraction of sp³-hybridized carbons (Fsp3) is 0.333. The van der Waals surface area contributed by atoms with Crippen molar-refractivity contribution >= 4 is 5.91 Å². The van der Waals surface area contributed by atoms with Gasteiger partial charge in [0.15, 0.2) is 0 Å². The maximum atomic E-state index is 13.5. The molecule has 0 radical (unpaired) electrons. The monoisotopic (exact) mass is 373 g/mol. The first-order valence-corrected chi connectivity index (χ1v) is 9.96. The summed E-state index contributed by atoms with van der Waals surface area (Å²) in [4.78, 5) is 19.9. The van der Waals surface area contributed by atoms with Crippen LogP contribution >= 0.6 is 0 Å². The molecule has 1 aromatic carbocycles. The van der Waals surface area contributed by atoms with Crippen molar-refractivity contribution in [3.05, 3.63) is 88.5 Å². The molecule has 4 nitrogen and oxygen atoms in total. The van der Waals surface area contributed by atoms with Crippen LogP contribution in [-0.4, -0.2) is 26.4 Å². The molecule has 2 aromatic heterocycles. The molecule has 1 saturated carbocycles. The quantitative estimate of drug-likeness (QED) is 0.630. The summed E-state index contributed by atoms with van der Waals surface area (Å²) >= 11 is 0. The Morgan fingerprint density at radius 3 is 2.61 bits per heavy atom. The molecule has 0 atom stereocenters. The topological polar surface area (TPSA) is 38.1 Å². The third-order valence-corrected chi connectivity index (χ3v) is 5.53. The Balaban J connectivity index is 1.60. The van der Waals surface area contributed by atoms with E-state index in [1.807, 2.05) is 37.4 Å². The zero-order valence-corrected chi connectivity index (χ0v) is 16.9. The molecule has 0 aliphatic heterocycles. The summed E-state index contributed by atoms with van der Waals surface area (Å²) in [5.74, 6) is 0.143. The highest BCUT2D eigenvalue weighted by atomic mass is 16.2. The largest absolute Gasteiger partial charge is 0.342 e. The summed E-state index contributed by atoms with van der Waals surface area (Å²) in [6.07, 6.45) is 4.01. The van der Waals surface area contributed by atoms with Crippen molar-refractivity contribution in [2.45, 2.75) is 52.7 Å². The van der Waals surface area contributed by atoms with Crippen LogP contribution in [0.15, 0.2) is 54.7 Å². The van der Waals surface area contributed by atoms with Gasteiger partial charge in [0.05, 0.1) is 17.8 Å². The summed E-state index contributed by atoms with van der Waals surface area (Å²) < 4.78 is 2.19. The van der Waals surface area contributed by atoms with Crippen molar-refractivity contribution in [1.82, 2.24) is 14.5 Å². The second-order valence-corrected chi connectivity index (χ2v) is 7.85. The Kier molecular flexibility index (Phi) is 5.03.